The van der Waals surface area contributed by atoms with Gasteiger partial charge in [-0.15, -0.1) is 34.0 Å². The van der Waals surface area contributed by atoms with Crippen molar-refractivity contribution in [1.29, 1.82) is 0 Å². The van der Waals surface area contributed by atoms with Crippen molar-refractivity contribution >= 4 is 79.3 Å². The number of aliphatic imine (C=N–C) groups is 1. The Kier molecular flexibility index (Phi) is 6.94. The first kappa shape index (κ1) is 28.9. The number of rotatable bonds is 7. The first-order valence-corrected chi connectivity index (χ1v) is 17.7. The van der Waals surface area contributed by atoms with E-state index in [1.165, 1.54) is 51.8 Å². The number of fused-ring (bicyclic) bond motifs is 4. The van der Waals surface area contributed by atoms with Gasteiger partial charge < -0.3 is 9.67 Å². The predicted octanol–water partition coefficient (Wildman–Crippen LogP) is 11.8. The molecule has 1 aliphatic heterocycles. The molecule has 5 heterocycles. The SMILES string of the molecule is CCn1c2ccccc2c2cc(-c3ccc(-c4ccc(-c5ccc(C=CC6=Nc7ccc(C(=O)O)cc7C6(C)C)s5)s4)s3)ccc21. The van der Waals surface area contributed by atoms with Crippen LogP contribution in [-0.2, 0) is 12.0 Å². The van der Waals surface area contributed by atoms with E-state index in [-0.39, 0.29) is 5.41 Å². The predicted molar refractivity (Wildman–Crippen MR) is 198 cm³/mol. The van der Waals surface area contributed by atoms with Gasteiger partial charge in [-0.3, -0.25) is 4.99 Å². The maximum Gasteiger partial charge on any atom is 0.335 e. The third-order valence-corrected chi connectivity index (χ3v) is 12.6. The van der Waals surface area contributed by atoms with E-state index in [1.54, 1.807) is 29.5 Å². The molecule has 46 heavy (non-hydrogen) atoms. The molecule has 0 spiro atoms. The van der Waals surface area contributed by atoms with Gasteiger partial charge in [0.15, 0.2) is 0 Å². The highest BCUT2D eigenvalue weighted by atomic mass is 32.1. The third kappa shape index (κ3) is 4.78. The van der Waals surface area contributed by atoms with Crippen molar-refractivity contribution in [3.63, 3.8) is 0 Å². The number of hydrogen-bond donors (Lipinski definition) is 1. The lowest BCUT2D eigenvalue weighted by atomic mass is 9.81. The molecule has 8 rings (SSSR count). The van der Waals surface area contributed by atoms with E-state index in [4.69, 9.17) is 4.99 Å². The van der Waals surface area contributed by atoms with Crippen LogP contribution in [0.15, 0.2) is 108 Å². The van der Waals surface area contributed by atoms with Crippen LogP contribution in [0.3, 0.4) is 0 Å². The van der Waals surface area contributed by atoms with Crippen LogP contribution in [0.5, 0.6) is 0 Å². The highest BCUT2D eigenvalue weighted by molar-refractivity contribution is 7.27. The van der Waals surface area contributed by atoms with E-state index in [0.717, 1.165) is 28.4 Å². The van der Waals surface area contributed by atoms with Gasteiger partial charge in [0.2, 0.25) is 0 Å². The summed E-state index contributed by atoms with van der Waals surface area (Å²) in [5, 5.41) is 12.1. The zero-order valence-corrected chi connectivity index (χ0v) is 28.0. The van der Waals surface area contributed by atoms with E-state index in [2.05, 4.69) is 116 Å². The molecule has 0 unspecified atom stereocenters. The quantitative estimate of drug-likeness (QED) is 0.186. The summed E-state index contributed by atoms with van der Waals surface area (Å²) in [5.74, 6) is -0.917. The number of carboxylic acids is 1. The van der Waals surface area contributed by atoms with E-state index in [1.807, 2.05) is 22.7 Å². The van der Waals surface area contributed by atoms with Gasteiger partial charge in [-0.25, -0.2) is 4.79 Å². The van der Waals surface area contributed by atoms with Crippen LogP contribution in [0.4, 0.5) is 5.69 Å². The van der Waals surface area contributed by atoms with Crippen LogP contribution >= 0.6 is 34.0 Å². The molecule has 0 amide bonds. The normalized spacial score (nSPS) is 14.0. The molecule has 7 heteroatoms. The second kappa shape index (κ2) is 11.1. The molecule has 0 saturated carbocycles. The number of aromatic carboxylic acids is 1. The van der Waals surface area contributed by atoms with Gasteiger partial charge in [-0.2, -0.15) is 0 Å². The number of nitrogens with zero attached hydrogens (tertiary/aromatic N) is 2. The number of aromatic nitrogens is 1. The summed E-state index contributed by atoms with van der Waals surface area (Å²) in [4.78, 5) is 23.8. The van der Waals surface area contributed by atoms with Gasteiger partial charge in [0, 0.05) is 63.0 Å². The Hall–Kier alpha value is -4.56. The lowest BCUT2D eigenvalue weighted by Crippen LogP contribution is -2.24. The average molecular weight is 655 g/mol. The molecular formula is C39H30N2O2S3. The lowest BCUT2D eigenvalue weighted by Gasteiger charge is -2.20. The van der Waals surface area contributed by atoms with Gasteiger partial charge in [0.05, 0.1) is 17.0 Å². The summed E-state index contributed by atoms with van der Waals surface area (Å²) in [7, 11) is 0. The Balaban J connectivity index is 1.02. The zero-order valence-electron chi connectivity index (χ0n) is 25.6. The maximum absolute atomic E-state index is 11.5. The summed E-state index contributed by atoms with van der Waals surface area (Å²) >= 11 is 5.45. The van der Waals surface area contributed by atoms with Gasteiger partial charge in [0.1, 0.15) is 0 Å². The number of allylic oxidation sites excluding steroid dienone is 1. The maximum atomic E-state index is 11.5. The fraction of sp³-hybridized carbons (Fsp3) is 0.128. The number of thiophene rings is 3. The Bertz CT molecular complexity index is 2380. The number of hydrogen-bond acceptors (Lipinski definition) is 5. The van der Waals surface area contributed by atoms with Crippen LogP contribution < -0.4 is 0 Å². The molecule has 0 bridgehead atoms. The molecule has 0 aliphatic carbocycles. The van der Waals surface area contributed by atoms with E-state index >= 15 is 0 Å². The Labute approximate surface area is 279 Å². The van der Waals surface area contributed by atoms with Crippen LogP contribution in [0.1, 0.15) is 41.6 Å². The Morgan fingerprint density at radius 1 is 0.761 bits per heavy atom. The molecule has 0 atom stereocenters. The van der Waals surface area contributed by atoms with Crippen LogP contribution in [0.25, 0.3) is 57.8 Å². The average Bonchev–Trinajstić information content (AvgIpc) is 3.89. The lowest BCUT2D eigenvalue weighted by molar-refractivity contribution is 0.0696. The summed E-state index contributed by atoms with van der Waals surface area (Å²) < 4.78 is 2.40. The molecule has 1 N–H and O–H groups in total. The molecule has 0 radical (unpaired) electrons. The molecule has 226 valence electrons. The highest BCUT2D eigenvalue weighted by Gasteiger charge is 2.34. The van der Waals surface area contributed by atoms with Crippen molar-refractivity contribution in [2.75, 3.05) is 0 Å². The van der Waals surface area contributed by atoms with Crippen LogP contribution in [0, 0.1) is 0 Å². The Morgan fingerprint density at radius 3 is 2.20 bits per heavy atom. The number of aryl methyl sites for hydroxylation is 1. The second-order valence-corrected chi connectivity index (χ2v) is 15.3. The van der Waals surface area contributed by atoms with Gasteiger partial charge in [-0.1, -0.05) is 38.1 Å². The monoisotopic (exact) mass is 654 g/mol. The summed E-state index contributed by atoms with van der Waals surface area (Å²) in [6.07, 6.45) is 4.19. The first-order valence-electron chi connectivity index (χ1n) is 15.3. The Morgan fingerprint density at radius 2 is 1.43 bits per heavy atom. The molecule has 7 aromatic rings. The molecule has 4 nitrogen and oxygen atoms in total. The summed E-state index contributed by atoms with van der Waals surface area (Å²) in [5.41, 5.74) is 6.50. The van der Waals surface area contributed by atoms with Crippen LogP contribution in [-0.4, -0.2) is 21.4 Å². The molecular weight excluding hydrogens is 625 g/mol. The standard InChI is InChI=1S/C39H30N2O2S3/c1-4-41-30-8-6-5-7-26(30)27-21-23(10-14-31(27)41)32-16-17-35(45-32)36-19-18-34(46-36)33-15-11-25(44-33)12-20-37-39(2,3)28-22-24(38(42)43)9-13-29(28)40-37/h5-22H,4H2,1-3H3,(H,42,43). The summed E-state index contributed by atoms with van der Waals surface area (Å²) in [6, 6.07) is 34.1. The number of carbonyl (C=O) groups is 1. The third-order valence-electron chi connectivity index (χ3n) is 8.90. The van der Waals surface area contributed by atoms with Gasteiger partial charge in [0.25, 0.3) is 0 Å². The molecule has 1 aliphatic rings. The molecule has 4 aromatic heterocycles. The topological polar surface area (TPSA) is 54.6 Å². The smallest absolute Gasteiger partial charge is 0.335 e. The fourth-order valence-electron chi connectivity index (χ4n) is 6.43. The summed E-state index contributed by atoms with van der Waals surface area (Å²) in [6.45, 7) is 7.36. The van der Waals surface area contributed by atoms with Crippen molar-refractivity contribution in [3.05, 3.63) is 119 Å². The van der Waals surface area contributed by atoms with Gasteiger partial charge in [-0.05, 0) is 103 Å². The van der Waals surface area contributed by atoms with Crippen LogP contribution in [0.2, 0.25) is 0 Å². The van der Waals surface area contributed by atoms with E-state index in [9.17, 15) is 9.90 Å². The first-order chi connectivity index (χ1) is 22.3. The van der Waals surface area contributed by atoms with Crippen molar-refractivity contribution in [3.8, 4) is 29.9 Å². The second-order valence-electron chi connectivity index (χ2n) is 12.0. The highest BCUT2D eigenvalue weighted by Crippen LogP contribution is 2.44. The number of benzene rings is 3. The minimum Gasteiger partial charge on any atom is -0.478 e. The molecule has 0 fully saturated rings. The zero-order chi connectivity index (χ0) is 31.6. The van der Waals surface area contributed by atoms with Crippen molar-refractivity contribution < 1.29 is 9.90 Å². The molecule has 0 saturated heterocycles. The minimum absolute atomic E-state index is 0.294. The molecule has 3 aromatic carbocycles. The van der Waals surface area contributed by atoms with Crippen molar-refractivity contribution in [2.24, 2.45) is 4.99 Å². The van der Waals surface area contributed by atoms with Gasteiger partial charge >= 0.3 is 5.97 Å². The van der Waals surface area contributed by atoms with E-state index in [0.29, 0.717) is 5.56 Å². The number of carboxylic acid groups (broad SMARTS) is 1. The fourth-order valence-corrected chi connectivity index (χ4v) is 9.53. The largest absolute Gasteiger partial charge is 0.478 e. The van der Waals surface area contributed by atoms with Crippen molar-refractivity contribution in [2.45, 2.75) is 32.7 Å². The minimum atomic E-state index is -0.917. The van der Waals surface area contributed by atoms with Crippen molar-refractivity contribution in [1.82, 2.24) is 4.57 Å². The number of para-hydroxylation sites is 1. The van der Waals surface area contributed by atoms with E-state index < -0.39 is 5.97 Å².